The van der Waals surface area contributed by atoms with Crippen molar-refractivity contribution in [2.45, 2.75) is 87.9 Å². The van der Waals surface area contributed by atoms with Crippen molar-refractivity contribution in [2.75, 3.05) is 26.4 Å². The molecular weight excluding hydrogens is 732 g/mol. The molecule has 0 amide bonds. The van der Waals surface area contributed by atoms with Gasteiger partial charge in [0.2, 0.25) is 6.29 Å². The van der Waals surface area contributed by atoms with Crippen LogP contribution in [0.2, 0.25) is 0 Å². The predicted octanol–water partition coefficient (Wildman–Crippen LogP) is 11.0. The smallest absolute Gasteiger partial charge is 0.216 e. The van der Waals surface area contributed by atoms with Gasteiger partial charge in [0.15, 0.2) is 5.75 Å². The zero-order valence-electron chi connectivity index (χ0n) is 33.1. The first kappa shape index (κ1) is 39.8. The second-order valence-corrected chi connectivity index (χ2v) is 15.5. The van der Waals surface area contributed by atoms with Gasteiger partial charge in [-0.3, -0.25) is 0 Å². The van der Waals surface area contributed by atoms with Crippen molar-refractivity contribution in [2.24, 2.45) is 0 Å². The molecule has 8 rings (SSSR count). The summed E-state index contributed by atoms with van der Waals surface area (Å²) in [6, 6.07) is 37.3. The van der Waals surface area contributed by atoms with E-state index in [0.29, 0.717) is 25.6 Å². The molecule has 1 unspecified atom stereocenters. The van der Waals surface area contributed by atoms with Crippen LogP contribution in [-0.2, 0) is 44.1 Å². The van der Waals surface area contributed by atoms with E-state index in [1.165, 1.54) is 46.4 Å². The van der Waals surface area contributed by atoms with Gasteiger partial charge in [0.05, 0.1) is 19.3 Å². The standard InChI is InChI=1S/C50H53FO7/c1-2-32-53-54-34-13-4-3-12-33-52-41-26-28-42(29-27-41)58-55-35-50(38-16-6-5-7-17-38,39-22-24-40(51)25-23-39)49-56-45-30-20-36-14-8-10-18-43(36)47(45)48-44-19-11-9-15-37(44)21-31-46(48)57-49/h2,5-8,10,14,16-18,21-29,31,45,47,49H,1,3-4,9,11-13,15,19-20,30,32-35H2/t45-,47+,49?,50+/m1/s1. The highest BCUT2D eigenvalue weighted by atomic mass is 19.1. The summed E-state index contributed by atoms with van der Waals surface area (Å²) in [5.41, 5.74) is 7.34. The molecule has 0 fully saturated rings. The largest absolute Gasteiger partial charge is 0.494 e. The Balaban J connectivity index is 1.05. The fourth-order valence-electron chi connectivity index (χ4n) is 8.92. The molecule has 0 radical (unpaired) electrons. The van der Waals surface area contributed by atoms with E-state index in [1.54, 1.807) is 6.08 Å². The Hall–Kier alpha value is -4.99. The Kier molecular flexibility index (Phi) is 13.2. The van der Waals surface area contributed by atoms with Gasteiger partial charge in [-0.05, 0) is 134 Å². The lowest BCUT2D eigenvalue weighted by molar-refractivity contribution is -0.286. The Morgan fingerprint density at radius 2 is 1.43 bits per heavy atom. The van der Waals surface area contributed by atoms with Gasteiger partial charge in [0.25, 0.3) is 0 Å². The van der Waals surface area contributed by atoms with Crippen LogP contribution in [0.25, 0.3) is 0 Å². The van der Waals surface area contributed by atoms with E-state index in [9.17, 15) is 4.39 Å². The third-order valence-corrected chi connectivity index (χ3v) is 11.8. The minimum Gasteiger partial charge on any atom is -0.494 e. The summed E-state index contributed by atoms with van der Waals surface area (Å²) in [6.45, 7) is 5.20. The summed E-state index contributed by atoms with van der Waals surface area (Å²) >= 11 is 0. The topological polar surface area (TPSA) is 64.6 Å². The number of aryl methyl sites for hydroxylation is 2. The van der Waals surface area contributed by atoms with Crippen molar-refractivity contribution < 1.29 is 38.2 Å². The molecule has 0 saturated heterocycles. The minimum atomic E-state index is -1.07. The molecular formula is C50H53FO7. The lowest BCUT2D eigenvalue weighted by atomic mass is 9.72. The van der Waals surface area contributed by atoms with Crippen molar-refractivity contribution in [3.8, 4) is 17.2 Å². The van der Waals surface area contributed by atoms with Gasteiger partial charge >= 0.3 is 0 Å². The van der Waals surface area contributed by atoms with Crippen molar-refractivity contribution >= 4 is 0 Å². The lowest BCUT2D eigenvalue weighted by Gasteiger charge is -2.41. The van der Waals surface area contributed by atoms with Crippen LogP contribution in [0.5, 0.6) is 17.2 Å². The molecule has 0 aromatic heterocycles. The van der Waals surface area contributed by atoms with Gasteiger partial charge < -0.3 is 19.1 Å². The molecule has 0 spiro atoms. The number of unbranched alkanes of at least 4 members (excludes halogenated alkanes) is 3. The van der Waals surface area contributed by atoms with Crippen LogP contribution >= 0.6 is 0 Å². The summed E-state index contributed by atoms with van der Waals surface area (Å²) in [6.07, 6.45) is 10.8. The van der Waals surface area contributed by atoms with Crippen LogP contribution in [-0.4, -0.2) is 38.8 Å². The second kappa shape index (κ2) is 19.2. The maximum absolute atomic E-state index is 14.7. The average molecular weight is 785 g/mol. The SMILES string of the molecule is C=CCOOCCCCCCOc1ccc(OOC[C@](c2ccccc2)(c2ccc(F)cc2)C2Oc3ccc4c(c3[C@H]3c5ccccc5CC[C@H]3O2)CCCC4)cc1. The van der Waals surface area contributed by atoms with Crippen molar-refractivity contribution in [3.63, 3.8) is 0 Å². The molecule has 1 heterocycles. The number of hydrogen-bond donors (Lipinski definition) is 0. The molecule has 0 saturated carbocycles. The normalized spacial score (nSPS) is 19.2. The molecule has 3 aliphatic rings. The Labute approximate surface area is 341 Å². The summed E-state index contributed by atoms with van der Waals surface area (Å²) in [5, 5.41) is 0. The zero-order chi connectivity index (χ0) is 39.6. The molecule has 5 aromatic carbocycles. The van der Waals surface area contributed by atoms with Crippen LogP contribution in [0.15, 0.2) is 128 Å². The van der Waals surface area contributed by atoms with Gasteiger partial charge in [-0.2, -0.15) is 4.89 Å². The average Bonchev–Trinajstić information content (AvgIpc) is 3.45. The Morgan fingerprint density at radius 1 is 0.690 bits per heavy atom. The minimum absolute atomic E-state index is 0.0136. The fourth-order valence-corrected chi connectivity index (χ4v) is 8.92. The van der Waals surface area contributed by atoms with E-state index in [4.69, 9.17) is 33.8 Å². The van der Waals surface area contributed by atoms with Crippen molar-refractivity contribution in [1.29, 1.82) is 0 Å². The number of halogens is 1. The zero-order valence-corrected chi connectivity index (χ0v) is 33.1. The van der Waals surface area contributed by atoms with Gasteiger partial charge in [-0.25, -0.2) is 14.2 Å². The number of fused-ring (bicyclic) bond motifs is 7. The molecule has 0 N–H and O–H groups in total. The number of rotatable bonds is 18. The summed E-state index contributed by atoms with van der Waals surface area (Å²) in [7, 11) is 0. The predicted molar refractivity (Wildman–Crippen MR) is 222 cm³/mol. The first-order chi connectivity index (χ1) is 28.6. The quantitative estimate of drug-likeness (QED) is 0.0379. The number of benzene rings is 5. The highest BCUT2D eigenvalue weighted by molar-refractivity contribution is 5.55. The molecule has 8 heteroatoms. The second-order valence-electron chi connectivity index (χ2n) is 15.5. The molecule has 302 valence electrons. The van der Waals surface area contributed by atoms with Gasteiger partial charge in [0, 0.05) is 11.5 Å². The highest BCUT2D eigenvalue weighted by Gasteiger charge is 2.51. The van der Waals surface area contributed by atoms with E-state index in [0.717, 1.165) is 80.4 Å². The summed E-state index contributed by atoms with van der Waals surface area (Å²) in [5.74, 6) is 1.80. The van der Waals surface area contributed by atoms with Gasteiger partial charge in [0.1, 0.15) is 35.9 Å². The number of hydrogen-bond acceptors (Lipinski definition) is 7. The first-order valence-electron chi connectivity index (χ1n) is 20.9. The lowest BCUT2D eigenvalue weighted by Crippen LogP contribution is -2.51. The maximum atomic E-state index is 14.7. The molecule has 4 atom stereocenters. The molecule has 0 bridgehead atoms. The van der Waals surface area contributed by atoms with E-state index in [2.05, 4.69) is 55.1 Å². The maximum Gasteiger partial charge on any atom is 0.216 e. The third kappa shape index (κ3) is 8.86. The fraction of sp³-hybridized carbons (Fsp3) is 0.360. The van der Waals surface area contributed by atoms with Crippen LogP contribution in [0.3, 0.4) is 0 Å². The Bertz CT molecular complexity index is 2090. The van der Waals surface area contributed by atoms with Crippen LogP contribution < -0.4 is 14.4 Å². The van der Waals surface area contributed by atoms with Crippen LogP contribution in [0.4, 0.5) is 4.39 Å². The monoisotopic (exact) mass is 784 g/mol. The van der Waals surface area contributed by atoms with Crippen molar-refractivity contribution in [1.82, 2.24) is 0 Å². The van der Waals surface area contributed by atoms with E-state index >= 15 is 0 Å². The number of ether oxygens (including phenoxy) is 3. The first-order valence-corrected chi connectivity index (χ1v) is 20.9. The molecule has 58 heavy (non-hydrogen) atoms. The molecule has 5 aromatic rings. The van der Waals surface area contributed by atoms with E-state index in [-0.39, 0.29) is 24.4 Å². The molecule has 7 nitrogen and oxygen atoms in total. The summed E-state index contributed by atoms with van der Waals surface area (Å²) in [4.78, 5) is 22.4. The summed E-state index contributed by atoms with van der Waals surface area (Å²) < 4.78 is 35.3. The Morgan fingerprint density at radius 3 is 2.26 bits per heavy atom. The highest BCUT2D eigenvalue weighted by Crippen LogP contribution is 2.51. The van der Waals surface area contributed by atoms with E-state index < -0.39 is 11.7 Å². The van der Waals surface area contributed by atoms with Crippen molar-refractivity contribution in [3.05, 3.63) is 173 Å². The van der Waals surface area contributed by atoms with Gasteiger partial charge in [-0.1, -0.05) is 85.3 Å². The van der Waals surface area contributed by atoms with Crippen LogP contribution in [0, 0.1) is 5.82 Å². The molecule has 2 aliphatic carbocycles. The van der Waals surface area contributed by atoms with E-state index in [1.807, 2.05) is 54.6 Å². The van der Waals surface area contributed by atoms with Gasteiger partial charge in [-0.15, -0.1) is 6.58 Å². The third-order valence-electron chi connectivity index (χ3n) is 11.8. The molecule has 1 aliphatic heterocycles. The van der Waals surface area contributed by atoms with Crippen LogP contribution in [0.1, 0.15) is 89.8 Å².